The summed E-state index contributed by atoms with van der Waals surface area (Å²) in [5.74, 6) is -0.248. The number of hydrogen-bond acceptors (Lipinski definition) is 6. The van der Waals surface area contributed by atoms with E-state index in [2.05, 4.69) is 10.4 Å². The van der Waals surface area contributed by atoms with Crippen LogP contribution in [-0.2, 0) is 19.1 Å². The lowest BCUT2D eigenvalue weighted by Gasteiger charge is -2.19. The lowest BCUT2D eigenvalue weighted by molar-refractivity contribution is -0.153. The quantitative estimate of drug-likeness (QED) is 0.451. The topological polar surface area (TPSA) is 101 Å². The van der Waals surface area contributed by atoms with Gasteiger partial charge in [-0.25, -0.2) is 5.01 Å². The number of aryl methyl sites for hydroxylation is 1. The second kappa shape index (κ2) is 11.3. The normalized spacial score (nSPS) is 15.4. The lowest BCUT2D eigenvalue weighted by atomic mass is 10.0. The molecule has 0 bridgehead atoms. The van der Waals surface area contributed by atoms with Gasteiger partial charge < -0.3 is 14.5 Å². The molecule has 1 aromatic carbocycles. The van der Waals surface area contributed by atoms with E-state index in [0.717, 1.165) is 29.7 Å². The Morgan fingerprint density at radius 1 is 1.16 bits per heavy atom. The van der Waals surface area contributed by atoms with Gasteiger partial charge in [0, 0.05) is 26.3 Å². The molecule has 0 aliphatic carbocycles. The van der Waals surface area contributed by atoms with Gasteiger partial charge in [-0.2, -0.15) is 5.10 Å². The molecule has 8 nitrogen and oxygen atoms in total. The highest BCUT2D eigenvalue weighted by molar-refractivity contribution is 6.03. The Morgan fingerprint density at radius 3 is 2.62 bits per heavy atom. The Morgan fingerprint density at radius 2 is 1.94 bits per heavy atom. The Bertz CT molecular complexity index is 951. The fourth-order valence-corrected chi connectivity index (χ4v) is 3.48. The number of benzene rings is 1. The van der Waals surface area contributed by atoms with E-state index in [4.69, 9.17) is 9.15 Å². The fraction of sp³-hybridized carbons (Fsp3) is 0.417. The summed E-state index contributed by atoms with van der Waals surface area (Å²) in [6.45, 7) is 3.71. The number of rotatable bonds is 10. The molecular formula is C24H29N3O5. The molecular weight excluding hydrogens is 410 g/mol. The molecule has 0 fully saturated rings. The molecule has 1 aliphatic rings. The summed E-state index contributed by atoms with van der Waals surface area (Å²) in [4.78, 5) is 35.7. The van der Waals surface area contributed by atoms with E-state index in [1.54, 1.807) is 12.3 Å². The van der Waals surface area contributed by atoms with Crippen LogP contribution in [0.3, 0.4) is 0 Å². The second-order valence-corrected chi connectivity index (χ2v) is 7.84. The van der Waals surface area contributed by atoms with Gasteiger partial charge in [-0.05, 0) is 37.5 Å². The summed E-state index contributed by atoms with van der Waals surface area (Å²) in [5, 5.41) is 8.60. The zero-order valence-corrected chi connectivity index (χ0v) is 18.5. The van der Waals surface area contributed by atoms with Crippen molar-refractivity contribution in [2.24, 2.45) is 5.10 Å². The average Bonchev–Trinajstić information content (AvgIpc) is 3.44. The molecule has 1 aromatic heterocycles. The highest BCUT2D eigenvalue weighted by atomic mass is 16.5. The number of amides is 2. The third-order valence-corrected chi connectivity index (χ3v) is 5.21. The zero-order valence-electron chi connectivity index (χ0n) is 18.5. The van der Waals surface area contributed by atoms with E-state index >= 15 is 0 Å². The molecule has 1 atom stereocenters. The van der Waals surface area contributed by atoms with Crippen LogP contribution in [0.5, 0.6) is 0 Å². The molecule has 0 spiro atoms. The Balaban J connectivity index is 1.53. The number of carbonyl (C=O) groups is 3. The van der Waals surface area contributed by atoms with Gasteiger partial charge in [-0.1, -0.05) is 36.2 Å². The van der Waals surface area contributed by atoms with Crippen molar-refractivity contribution >= 4 is 23.5 Å². The molecule has 0 saturated heterocycles. The van der Waals surface area contributed by atoms with E-state index in [1.165, 1.54) is 11.9 Å². The molecule has 2 amide bonds. The summed E-state index contributed by atoms with van der Waals surface area (Å²) in [6, 6.07) is 11.2. The maximum atomic E-state index is 12.8. The predicted molar refractivity (Wildman–Crippen MR) is 119 cm³/mol. The van der Waals surface area contributed by atoms with Crippen LogP contribution < -0.4 is 5.32 Å². The largest absolute Gasteiger partial charge is 0.467 e. The first kappa shape index (κ1) is 23.2. The minimum Gasteiger partial charge on any atom is -0.467 e. The van der Waals surface area contributed by atoms with Crippen LogP contribution in [0.4, 0.5) is 0 Å². The van der Waals surface area contributed by atoms with Crippen LogP contribution >= 0.6 is 0 Å². The van der Waals surface area contributed by atoms with Crippen molar-refractivity contribution < 1.29 is 23.5 Å². The summed E-state index contributed by atoms with van der Waals surface area (Å²) < 4.78 is 10.7. The van der Waals surface area contributed by atoms with Gasteiger partial charge >= 0.3 is 5.97 Å². The predicted octanol–water partition coefficient (Wildman–Crippen LogP) is 3.51. The minimum absolute atomic E-state index is 0.0640. The molecule has 170 valence electrons. The first-order chi connectivity index (χ1) is 15.4. The van der Waals surface area contributed by atoms with E-state index in [-0.39, 0.29) is 25.0 Å². The maximum Gasteiger partial charge on any atom is 0.306 e. The van der Waals surface area contributed by atoms with Crippen molar-refractivity contribution in [1.82, 2.24) is 10.3 Å². The molecule has 32 heavy (non-hydrogen) atoms. The van der Waals surface area contributed by atoms with Gasteiger partial charge in [0.2, 0.25) is 5.91 Å². The zero-order chi connectivity index (χ0) is 22.9. The van der Waals surface area contributed by atoms with Gasteiger partial charge in [0.25, 0.3) is 5.91 Å². The number of unbranched alkanes of at least 4 members (excludes halogenated alkanes) is 2. The summed E-state index contributed by atoms with van der Waals surface area (Å²) in [7, 11) is 0. The smallest absolute Gasteiger partial charge is 0.306 e. The number of hydrazone groups is 1. The van der Waals surface area contributed by atoms with E-state index in [1.807, 2.05) is 37.3 Å². The molecule has 2 aromatic rings. The first-order valence-corrected chi connectivity index (χ1v) is 10.8. The second-order valence-electron chi connectivity index (χ2n) is 7.84. The van der Waals surface area contributed by atoms with E-state index in [0.29, 0.717) is 25.1 Å². The molecule has 8 heteroatoms. The molecule has 2 heterocycles. The van der Waals surface area contributed by atoms with Crippen molar-refractivity contribution in [3.8, 4) is 0 Å². The van der Waals surface area contributed by atoms with E-state index in [9.17, 15) is 14.4 Å². The van der Waals surface area contributed by atoms with Gasteiger partial charge in [-0.15, -0.1) is 0 Å². The fourth-order valence-electron chi connectivity index (χ4n) is 3.48. The molecule has 3 rings (SSSR count). The van der Waals surface area contributed by atoms with Crippen LogP contribution in [0.15, 0.2) is 52.2 Å². The Hall–Kier alpha value is -3.42. The number of nitrogens with one attached hydrogen (secondary N) is 1. The number of ether oxygens (including phenoxy) is 1. The third-order valence-electron chi connectivity index (χ3n) is 5.21. The van der Waals surface area contributed by atoms with Crippen molar-refractivity contribution in [2.45, 2.75) is 52.0 Å². The number of nitrogens with zero attached hydrogens (tertiary/aromatic N) is 2. The Kier molecular flexibility index (Phi) is 8.19. The molecule has 0 unspecified atom stereocenters. The monoisotopic (exact) mass is 439 g/mol. The average molecular weight is 440 g/mol. The number of carbonyl (C=O) groups excluding carboxylic acids is 3. The first-order valence-electron chi connectivity index (χ1n) is 10.8. The summed E-state index contributed by atoms with van der Waals surface area (Å²) in [6.07, 6.45) is 4.54. The molecule has 1 N–H and O–H groups in total. The van der Waals surface area contributed by atoms with Crippen LogP contribution in [-0.4, -0.2) is 41.7 Å². The molecule has 1 aliphatic heterocycles. The van der Waals surface area contributed by atoms with Crippen LogP contribution in [0.2, 0.25) is 0 Å². The lowest BCUT2D eigenvalue weighted by Crippen LogP contribution is -2.31. The van der Waals surface area contributed by atoms with Gasteiger partial charge in [0.05, 0.1) is 12.0 Å². The SMILES string of the molecule is CC(=O)NCCCCCC(=O)OCC(=O)N1N=C(c2ccc(C)cc2)C[C@@H]1c1ccco1. The van der Waals surface area contributed by atoms with Gasteiger partial charge in [0.1, 0.15) is 11.8 Å². The number of furan rings is 1. The van der Waals surface area contributed by atoms with Gasteiger partial charge in [-0.3, -0.25) is 14.4 Å². The third kappa shape index (κ3) is 6.54. The maximum absolute atomic E-state index is 12.8. The van der Waals surface area contributed by atoms with Crippen LogP contribution in [0.25, 0.3) is 0 Å². The van der Waals surface area contributed by atoms with Crippen molar-refractivity contribution in [2.75, 3.05) is 13.2 Å². The van der Waals surface area contributed by atoms with Crippen molar-refractivity contribution in [3.63, 3.8) is 0 Å². The molecule has 0 saturated carbocycles. The van der Waals surface area contributed by atoms with Crippen LogP contribution in [0, 0.1) is 6.92 Å². The summed E-state index contributed by atoms with van der Waals surface area (Å²) >= 11 is 0. The van der Waals surface area contributed by atoms with Crippen LogP contribution in [0.1, 0.15) is 62.0 Å². The highest BCUT2D eigenvalue weighted by Gasteiger charge is 2.35. The van der Waals surface area contributed by atoms with E-state index < -0.39 is 11.9 Å². The highest BCUT2D eigenvalue weighted by Crippen LogP contribution is 2.33. The van der Waals surface area contributed by atoms with Gasteiger partial charge in [0.15, 0.2) is 6.61 Å². The Labute approximate surface area is 187 Å². The standard InChI is InChI=1S/C24H29N3O5/c1-17-9-11-19(12-10-17)20-15-21(22-7-6-14-31-22)27(26-20)23(29)16-32-24(30)8-4-3-5-13-25-18(2)28/h6-7,9-12,14,21H,3-5,8,13,15-16H2,1-2H3,(H,25,28)/t21-/m1/s1. The molecule has 0 radical (unpaired) electrons. The number of esters is 1. The van der Waals surface area contributed by atoms with Crippen molar-refractivity contribution in [3.05, 3.63) is 59.5 Å². The van der Waals surface area contributed by atoms with Crippen molar-refractivity contribution in [1.29, 1.82) is 0 Å². The number of hydrogen-bond donors (Lipinski definition) is 1. The minimum atomic E-state index is -0.422. The summed E-state index contributed by atoms with van der Waals surface area (Å²) in [5.41, 5.74) is 2.87.